The molecule has 104 valence electrons. The minimum atomic E-state index is -0.425. The Morgan fingerprint density at radius 1 is 1.29 bits per heavy atom. The molecule has 21 heavy (non-hydrogen) atoms. The summed E-state index contributed by atoms with van der Waals surface area (Å²) in [6.45, 7) is 0. The van der Waals surface area contributed by atoms with Crippen LogP contribution in [0.2, 0.25) is 5.02 Å². The zero-order chi connectivity index (χ0) is 14.8. The van der Waals surface area contributed by atoms with Crippen LogP contribution in [0.25, 0.3) is 10.2 Å². The van der Waals surface area contributed by atoms with Gasteiger partial charge in [0.25, 0.3) is 5.69 Å². The molecule has 0 aliphatic heterocycles. The van der Waals surface area contributed by atoms with Crippen LogP contribution >= 0.6 is 22.9 Å². The van der Waals surface area contributed by atoms with Crippen molar-refractivity contribution in [1.29, 1.82) is 0 Å². The Balaban J connectivity index is 1.95. The highest BCUT2D eigenvalue weighted by atomic mass is 35.5. The van der Waals surface area contributed by atoms with Gasteiger partial charge in [-0.3, -0.25) is 10.1 Å². The number of fused-ring (bicyclic) bond motifs is 1. The van der Waals surface area contributed by atoms with E-state index in [-0.39, 0.29) is 5.69 Å². The molecule has 0 radical (unpaired) electrons. The highest BCUT2D eigenvalue weighted by Crippen LogP contribution is 2.30. The quantitative estimate of drug-likeness (QED) is 0.402. The Labute approximate surface area is 128 Å². The molecule has 0 aliphatic carbocycles. The van der Waals surface area contributed by atoms with E-state index < -0.39 is 4.92 Å². The first-order valence-electron chi connectivity index (χ1n) is 5.97. The Morgan fingerprint density at radius 2 is 2.10 bits per heavy atom. The van der Waals surface area contributed by atoms with E-state index in [4.69, 9.17) is 11.6 Å². The summed E-state index contributed by atoms with van der Waals surface area (Å²) < 4.78 is 0.732. The highest BCUT2D eigenvalue weighted by molar-refractivity contribution is 7.22. The van der Waals surface area contributed by atoms with E-state index in [0.717, 1.165) is 10.3 Å². The SMILES string of the molecule is O=[N+]([O-])c1ccc2nc(N=Cc3ccccc3Cl)sc2c1. The molecule has 7 heteroatoms. The summed E-state index contributed by atoms with van der Waals surface area (Å²) in [5.41, 5.74) is 1.54. The van der Waals surface area contributed by atoms with Gasteiger partial charge >= 0.3 is 0 Å². The van der Waals surface area contributed by atoms with Crippen LogP contribution in [-0.4, -0.2) is 16.1 Å². The Hall–Kier alpha value is -2.31. The van der Waals surface area contributed by atoms with Gasteiger partial charge in [-0.15, -0.1) is 0 Å². The number of nitro benzene ring substituents is 1. The van der Waals surface area contributed by atoms with E-state index in [1.807, 2.05) is 18.2 Å². The maximum Gasteiger partial charge on any atom is 0.270 e. The van der Waals surface area contributed by atoms with E-state index in [9.17, 15) is 10.1 Å². The lowest BCUT2D eigenvalue weighted by molar-refractivity contribution is -0.384. The Kier molecular flexibility index (Phi) is 3.64. The summed E-state index contributed by atoms with van der Waals surface area (Å²) in [5.74, 6) is 0. The zero-order valence-corrected chi connectivity index (χ0v) is 12.1. The fourth-order valence-corrected chi connectivity index (χ4v) is 2.80. The van der Waals surface area contributed by atoms with Gasteiger partial charge < -0.3 is 0 Å². The smallest absolute Gasteiger partial charge is 0.258 e. The maximum absolute atomic E-state index is 10.7. The number of non-ortho nitro benzene ring substituents is 1. The molecule has 0 unspecified atom stereocenters. The third-order valence-corrected chi connectivity index (χ3v) is 4.06. The van der Waals surface area contributed by atoms with Gasteiger partial charge in [-0.1, -0.05) is 41.1 Å². The average molecular weight is 318 g/mol. The number of nitro groups is 1. The highest BCUT2D eigenvalue weighted by Gasteiger charge is 2.09. The molecule has 3 rings (SSSR count). The molecular weight excluding hydrogens is 310 g/mol. The molecule has 5 nitrogen and oxygen atoms in total. The number of aliphatic imine (C=N–C) groups is 1. The summed E-state index contributed by atoms with van der Waals surface area (Å²) in [4.78, 5) is 18.9. The first-order valence-corrected chi connectivity index (χ1v) is 7.16. The molecule has 0 N–H and O–H groups in total. The van der Waals surface area contributed by atoms with Crippen LogP contribution in [0.4, 0.5) is 10.8 Å². The Bertz CT molecular complexity index is 860. The van der Waals surface area contributed by atoms with Gasteiger partial charge in [-0.05, 0) is 12.1 Å². The fraction of sp³-hybridized carbons (Fsp3) is 0. The monoisotopic (exact) mass is 317 g/mol. The van der Waals surface area contributed by atoms with Crippen molar-refractivity contribution >= 4 is 50.2 Å². The predicted molar refractivity (Wildman–Crippen MR) is 85.0 cm³/mol. The van der Waals surface area contributed by atoms with E-state index in [1.165, 1.54) is 23.5 Å². The van der Waals surface area contributed by atoms with Crippen molar-refractivity contribution in [3.8, 4) is 0 Å². The summed E-state index contributed by atoms with van der Waals surface area (Å²) >= 11 is 7.34. The third kappa shape index (κ3) is 2.91. The van der Waals surface area contributed by atoms with Gasteiger partial charge in [0.2, 0.25) is 5.13 Å². The average Bonchev–Trinajstić information content (AvgIpc) is 2.88. The van der Waals surface area contributed by atoms with Crippen molar-refractivity contribution in [1.82, 2.24) is 4.98 Å². The molecule has 0 atom stereocenters. The molecule has 0 fully saturated rings. The third-order valence-electron chi connectivity index (χ3n) is 2.79. The number of rotatable bonds is 3. The van der Waals surface area contributed by atoms with Gasteiger partial charge in [0, 0.05) is 28.9 Å². The van der Waals surface area contributed by atoms with Crippen molar-refractivity contribution in [2.45, 2.75) is 0 Å². The number of hydrogen-bond donors (Lipinski definition) is 0. The van der Waals surface area contributed by atoms with Crippen LogP contribution < -0.4 is 0 Å². The topological polar surface area (TPSA) is 68.4 Å². The first kappa shape index (κ1) is 13.7. The largest absolute Gasteiger partial charge is 0.270 e. The summed E-state index contributed by atoms with van der Waals surface area (Å²) in [5, 5.41) is 11.9. The van der Waals surface area contributed by atoms with Crippen LogP contribution in [0.5, 0.6) is 0 Å². The van der Waals surface area contributed by atoms with Crippen molar-refractivity contribution in [3.63, 3.8) is 0 Å². The number of halogens is 1. The van der Waals surface area contributed by atoms with Crippen LogP contribution in [0.3, 0.4) is 0 Å². The lowest BCUT2D eigenvalue weighted by atomic mass is 10.2. The van der Waals surface area contributed by atoms with Crippen LogP contribution in [0.15, 0.2) is 47.5 Å². The number of hydrogen-bond acceptors (Lipinski definition) is 5. The molecule has 1 heterocycles. The van der Waals surface area contributed by atoms with Gasteiger partial charge in [0.15, 0.2) is 0 Å². The lowest BCUT2D eigenvalue weighted by Gasteiger charge is -1.94. The van der Waals surface area contributed by atoms with Crippen LogP contribution in [0, 0.1) is 10.1 Å². The van der Waals surface area contributed by atoms with E-state index in [1.54, 1.807) is 18.3 Å². The fourth-order valence-electron chi connectivity index (χ4n) is 1.77. The number of aromatic nitrogens is 1. The lowest BCUT2D eigenvalue weighted by Crippen LogP contribution is -1.85. The summed E-state index contributed by atoms with van der Waals surface area (Å²) in [7, 11) is 0. The molecule has 0 spiro atoms. The second-order valence-electron chi connectivity index (χ2n) is 4.19. The number of benzene rings is 2. The van der Waals surface area contributed by atoms with Crippen LogP contribution in [-0.2, 0) is 0 Å². The van der Waals surface area contributed by atoms with Gasteiger partial charge in [-0.25, -0.2) is 9.98 Å². The molecule has 0 bridgehead atoms. The van der Waals surface area contributed by atoms with E-state index in [2.05, 4.69) is 9.98 Å². The number of nitrogens with zero attached hydrogens (tertiary/aromatic N) is 3. The van der Waals surface area contributed by atoms with Gasteiger partial charge in [0.05, 0.1) is 15.1 Å². The second-order valence-corrected chi connectivity index (χ2v) is 5.60. The van der Waals surface area contributed by atoms with Crippen molar-refractivity contribution < 1.29 is 4.92 Å². The summed E-state index contributed by atoms with van der Waals surface area (Å²) in [6, 6.07) is 11.9. The van der Waals surface area contributed by atoms with Gasteiger partial charge in [0.1, 0.15) is 0 Å². The molecule has 0 aliphatic rings. The maximum atomic E-state index is 10.7. The minimum Gasteiger partial charge on any atom is -0.258 e. The minimum absolute atomic E-state index is 0.0489. The zero-order valence-electron chi connectivity index (χ0n) is 10.6. The Morgan fingerprint density at radius 3 is 2.86 bits per heavy atom. The standard InChI is InChI=1S/C14H8ClN3O2S/c15-11-4-2-1-3-9(11)8-16-14-17-12-6-5-10(18(19)20)7-13(12)21-14/h1-8H. The van der Waals surface area contributed by atoms with E-state index >= 15 is 0 Å². The first-order chi connectivity index (χ1) is 10.1. The van der Waals surface area contributed by atoms with Crippen LogP contribution in [0.1, 0.15) is 5.56 Å². The molecule has 0 amide bonds. The predicted octanol–water partition coefficient (Wildman–Crippen LogP) is 4.61. The van der Waals surface area contributed by atoms with Crippen molar-refractivity contribution in [3.05, 3.63) is 63.2 Å². The number of thiazole rings is 1. The molecular formula is C14H8ClN3O2S. The normalized spacial score (nSPS) is 11.3. The molecule has 0 saturated heterocycles. The molecule has 0 saturated carbocycles. The molecule has 3 aromatic rings. The van der Waals surface area contributed by atoms with Crippen molar-refractivity contribution in [2.24, 2.45) is 4.99 Å². The molecule has 2 aromatic carbocycles. The molecule has 1 aromatic heterocycles. The van der Waals surface area contributed by atoms with Gasteiger partial charge in [-0.2, -0.15) is 0 Å². The second kappa shape index (κ2) is 5.59. The van der Waals surface area contributed by atoms with E-state index in [0.29, 0.717) is 15.7 Å². The van der Waals surface area contributed by atoms with Crippen molar-refractivity contribution in [2.75, 3.05) is 0 Å². The summed E-state index contributed by atoms with van der Waals surface area (Å²) in [6.07, 6.45) is 1.63.